The van der Waals surface area contributed by atoms with E-state index in [1.54, 1.807) is 6.33 Å². The molecular formula is C14H27N7O. The van der Waals surface area contributed by atoms with Crippen molar-refractivity contribution in [2.75, 3.05) is 13.1 Å². The molecule has 8 nitrogen and oxygen atoms in total. The lowest BCUT2D eigenvalue weighted by Gasteiger charge is -2.21. The van der Waals surface area contributed by atoms with Crippen LogP contribution in [0.5, 0.6) is 0 Å². The van der Waals surface area contributed by atoms with Crippen molar-refractivity contribution in [1.29, 1.82) is 0 Å². The third-order valence-electron chi connectivity index (χ3n) is 2.69. The normalized spacial score (nSPS) is 12.1. The SMILES string of the molecule is CCNC(=NCc1nncn1CC)NCC(=O)NC(C)(C)C. The lowest BCUT2D eigenvalue weighted by molar-refractivity contribution is -0.121. The van der Waals surface area contributed by atoms with Gasteiger partial charge >= 0.3 is 0 Å². The van der Waals surface area contributed by atoms with Crippen LogP contribution in [0.4, 0.5) is 0 Å². The summed E-state index contributed by atoms with van der Waals surface area (Å²) in [5.41, 5.74) is -0.244. The van der Waals surface area contributed by atoms with Gasteiger partial charge in [0, 0.05) is 18.6 Å². The maximum Gasteiger partial charge on any atom is 0.239 e. The fourth-order valence-electron chi connectivity index (χ4n) is 1.78. The zero-order valence-electron chi connectivity index (χ0n) is 14.1. The number of carbonyl (C=O) groups is 1. The molecule has 1 aromatic heterocycles. The molecular weight excluding hydrogens is 282 g/mol. The molecule has 0 spiro atoms. The van der Waals surface area contributed by atoms with E-state index in [0.29, 0.717) is 19.0 Å². The van der Waals surface area contributed by atoms with E-state index in [0.717, 1.165) is 12.4 Å². The second kappa shape index (κ2) is 8.35. The quantitative estimate of drug-likeness (QED) is 0.518. The number of aryl methyl sites for hydroxylation is 1. The van der Waals surface area contributed by atoms with E-state index in [1.807, 2.05) is 39.2 Å². The molecule has 124 valence electrons. The first-order chi connectivity index (χ1) is 10.4. The van der Waals surface area contributed by atoms with E-state index in [2.05, 4.69) is 31.1 Å². The number of nitrogens with zero attached hydrogens (tertiary/aromatic N) is 4. The summed E-state index contributed by atoms with van der Waals surface area (Å²) in [5.74, 6) is 1.30. The number of hydrogen-bond acceptors (Lipinski definition) is 4. The molecule has 0 aliphatic rings. The standard InChI is InChI=1S/C14H27N7O/c1-6-15-13(17-9-12(22)19-14(3,4)5)16-8-11-20-18-10-21(11)7-2/h10H,6-9H2,1-5H3,(H,19,22)(H2,15,16,17). The lowest BCUT2D eigenvalue weighted by Crippen LogP contribution is -2.48. The number of aliphatic imine (C=N–C) groups is 1. The van der Waals surface area contributed by atoms with Crippen LogP contribution in [-0.2, 0) is 17.9 Å². The molecule has 0 aliphatic heterocycles. The van der Waals surface area contributed by atoms with Crippen LogP contribution in [0.1, 0.15) is 40.4 Å². The average molecular weight is 309 g/mol. The van der Waals surface area contributed by atoms with Crippen LogP contribution in [-0.4, -0.2) is 45.3 Å². The molecule has 0 fully saturated rings. The Hall–Kier alpha value is -2.12. The Labute approximate surface area is 131 Å². The Bertz CT molecular complexity index is 502. The van der Waals surface area contributed by atoms with E-state index < -0.39 is 0 Å². The Balaban J connectivity index is 2.57. The molecule has 0 saturated heterocycles. The molecule has 0 bridgehead atoms. The third kappa shape index (κ3) is 6.55. The lowest BCUT2D eigenvalue weighted by atomic mass is 10.1. The van der Waals surface area contributed by atoms with Gasteiger partial charge in [-0.15, -0.1) is 10.2 Å². The summed E-state index contributed by atoms with van der Waals surface area (Å²) in [6, 6.07) is 0. The van der Waals surface area contributed by atoms with Gasteiger partial charge in [-0.2, -0.15) is 0 Å². The smallest absolute Gasteiger partial charge is 0.239 e. The predicted octanol–water partition coefficient (Wildman–Crippen LogP) is 0.268. The summed E-state index contributed by atoms with van der Waals surface area (Å²) in [6.45, 7) is 11.9. The highest BCUT2D eigenvalue weighted by molar-refractivity contribution is 5.86. The molecule has 0 radical (unpaired) electrons. The Morgan fingerprint density at radius 2 is 2.05 bits per heavy atom. The number of hydrogen-bond donors (Lipinski definition) is 3. The summed E-state index contributed by atoms with van der Waals surface area (Å²) in [5, 5.41) is 16.9. The van der Waals surface area contributed by atoms with Crippen LogP contribution in [0.3, 0.4) is 0 Å². The molecule has 3 N–H and O–H groups in total. The first-order valence-corrected chi connectivity index (χ1v) is 7.55. The van der Waals surface area contributed by atoms with Gasteiger partial charge in [0.25, 0.3) is 0 Å². The summed E-state index contributed by atoms with van der Waals surface area (Å²) in [6.07, 6.45) is 1.68. The Kier molecular flexibility index (Phi) is 6.81. The van der Waals surface area contributed by atoms with Gasteiger partial charge in [0.1, 0.15) is 12.9 Å². The molecule has 0 aromatic carbocycles. The minimum Gasteiger partial charge on any atom is -0.357 e. The van der Waals surface area contributed by atoms with E-state index in [1.165, 1.54) is 0 Å². The van der Waals surface area contributed by atoms with Crippen molar-refractivity contribution in [3.8, 4) is 0 Å². The number of guanidine groups is 1. The van der Waals surface area contributed by atoms with Crippen LogP contribution in [0.25, 0.3) is 0 Å². The topological polar surface area (TPSA) is 96.2 Å². The van der Waals surface area contributed by atoms with Gasteiger partial charge in [-0.25, -0.2) is 4.99 Å². The van der Waals surface area contributed by atoms with Crippen LogP contribution in [0.2, 0.25) is 0 Å². The first kappa shape index (κ1) is 17.9. The van der Waals surface area contributed by atoms with Crippen LogP contribution >= 0.6 is 0 Å². The van der Waals surface area contributed by atoms with Gasteiger partial charge in [0.15, 0.2) is 11.8 Å². The zero-order valence-corrected chi connectivity index (χ0v) is 14.1. The van der Waals surface area contributed by atoms with Gasteiger partial charge in [-0.3, -0.25) is 4.79 Å². The average Bonchev–Trinajstić information content (AvgIpc) is 2.87. The van der Waals surface area contributed by atoms with Crippen LogP contribution < -0.4 is 16.0 Å². The molecule has 1 rings (SSSR count). The number of nitrogens with one attached hydrogen (secondary N) is 3. The maximum absolute atomic E-state index is 11.8. The van der Waals surface area contributed by atoms with Gasteiger partial charge in [0.05, 0.1) is 6.54 Å². The summed E-state index contributed by atoms with van der Waals surface area (Å²) >= 11 is 0. The molecule has 0 saturated carbocycles. The third-order valence-corrected chi connectivity index (χ3v) is 2.69. The minimum atomic E-state index is -0.244. The maximum atomic E-state index is 11.8. The van der Waals surface area contributed by atoms with E-state index in [4.69, 9.17) is 0 Å². The van der Waals surface area contributed by atoms with Crippen molar-refractivity contribution in [3.63, 3.8) is 0 Å². The second-order valence-electron chi connectivity index (χ2n) is 5.88. The van der Waals surface area contributed by atoms with Crippen molar-refractivity contribution < 1.29 is 4.79 Å². The fourth-order valence-corrected chi connectivity index (χ4v) is 1.78. The van der Waals surface area contributed by atoms with Crippen LogP contribution in [0, 0.1) is 0 Å². The highest BCUT2D eigenvalue weighted by Gasteiger charge is 2.13. The molecule has 0 aliphatic carbocycles. The van der Waals surface area contributed by atoms with Crippen molar-refractivity contribution in [2.45, 2.75) is 53.2 Å². The Morgan fingerprint density at radius 3 is 2.64 bits per heavy atom. The monoisotopic (exact) mass is 309 g/mol. The van der Waals surface area contributed by atoms with Crippen molar-refractivity contribution in [3.05, 3.63) is 12.2 Å². The summed E-state index contributed by atoms with van der Waals surface area (Å²) < 4.78 is 1.93. The van der Waals surface area contributed by atoms with Crippen LogP contribution in [0.15, 0.2) is 11.3 Å². The number of amides is 1. The highest BCUT2D eigenvalue weighted by atomic mass is 16.2. The molecule has 1 aromatic rings. The van der Waals surface area contributed by atoms with Gasteiger partial charge < -0.3 is 20.5 Å². The molecule has 0 atom stereocenters. The zero-order chi connectivity index (χ0) is 16.6. The fraction of sp³-hybridized carbons (Fsp3) is 0.714. The van der Waals surface area contributed by atoms with Gasteiger partial charge in [-0.05, 0) is 34.6 Å². The van der Waals surface area contributed by atoms with E-state index in [9.17, 15) is 4.79 Å². The van der Waals surface area contributed by atoms with Crippen molar-refractivity contribution in [2.24, 2.45) is 4.99 Å². The predicted molar refractivity (Wildman–Crippen MR) is 86.4 cm³/mol. The number of carbonyl (C=O) groups excluding carboxylic acids is 1. The molecule has 1 amide bonds. The van der Waals surface area contributed by atoms with Gasteiger partial charge in [0.2, 0.25) is 5.91 Å². The van der Waals surface area contributed by atoms with Crippen molar-refractivity contribution >= 4 is 11.9 Å². The molecule has 8 heteroatoms. The second-order valence-corrected chi connectivity index (χ2v) is 5.88. The first-order valence-electron chi connectivity index (χ1n) is 7.55. The van der Waals surface area contributed by atoms with E-state index in [-0.39, 0.29) is 18.0 Å². The highest BCUT2D eigenvalue weighted by Crippen LogP contribution is 1.98. The van der Waals surface area contributed by atoms with Crippen molar-refractivity contribution in [1.82, 2.24) is 30.7 Å². The minimum absolute atomic E-state index is 0.0742. The number of aromatic nitrogens is 3. The van der Waals surface area contributed by atoms with Gasteiger partial charge in [-0.1, -0.05) is 0 Å². The van der Waals surface area contributed by atoms with E-state index >= 15 is 0 Å². The summed E-state index contributed by atoms with van der Waals surface area (Å²) in [4.78, 5) is 16.2. The number of rotatable bonds is 6. The molecule has 1 heterocycles. The largest absolute Gasteiger partial charge is 0.357 e. The molecule has 22 heavy (non-hydrogen) atoms. The molecule has 0 unspecified atom stereocenters. The summed E-state index contributed by atoms with van der Waals surface area (Å²) in [7, 11) is 0. The Morgan fingerprint density at radius 1 is 1.32 bits per heavy atom.